The predicted octanol–water partition coefficient (Wildman–Crippen LogP) is 0.724. The van der Waals surface area contributed by atoms with Crippen LogP contribution < -0.4 is 10.7 Å². The molecule has 0 aliphatic heterocycles. The summed E-state index contributed by atoms with van der Waals surface area (Å²) in [6, 6.07) is 10.8. The first kappa shape index (κ1) is 10.7. The van der Waals surface area contributed by atoms with Crippen molar-refractivity contribution in [1.82, 2.24) is 5.32 Å². The van der Waals surface area contributed by atoms with Crippen LogP contribution in [0, 0.1) is 11.3 Å². The molecule has 76 valence electrons. The summed E-state index contributed by atoms with van der Waals surface area (Å²) in [6.45, 7) is 0. The number of nitrogens with one attached hydrogen (secondary N) is 2. The molecule has 5 heteroatoms. The lowest BCUT2D eigenvalue weighted by atomic mass is 10.3. The quantitative estimate of drug-likeness (QED) is 0.560. The number of hydrogen-bond donors (Lipinski definition) is 2. The SMILES string of the molecule is CNC(=O)/C(C#N)=N/Nc1ccccc1. The average Bonchev–Trinajstić information content (AvgIpc) is 2.31. The van der Waals surface area contributed by atoms with Gasteiger partial charge in [0.2, 0.25) is 5.71 Å². The number of rotatable bonds is 3. The lowest BCUT2D eigenvalue weighted by Gasteiger charge is -1.99. The van der Waals surface area contributed by atoms with Gasteiger partial charge < -0.3 is 5.32 Å². The second-order valence-electron chi connectivity index (χ2n) is 2.63. The van der Waals surface area contributed by atoms with Gasteiger partial charge in [0.25, 0.3) is 5.91 Å². The normalized spacial score (nSPS) is 10.3. The van der Waals surface area contributed by atoms with Crippen LogP contribution in [0.15, 0.2) is 35.4 Å². The summed E-state index contributed by atoms with van der Waals surface area (Å²) in [7, 11) is 1.44. The Kier molecular flexibility index (Phi) is 3.86. The minimum atomic E-state index is -0.513. The third kappa shape index (κ3) is 3.12. The van der Waals surface area contributed by atoms with Crippen molar-refractivity contribution in [3.05, 3.63) is 30.3 Å². The second kappa shape index (κ2) is 5.40. The molecular formula is C10H10N4O. The van der Waals surface area contributed by atoms with Crippen LogP contribution in [0.5, 0.6) is 0 Å². The van der Waals surface area contributed by atoms with Crippen molar-refractivity contribution in [3.63, 3.8) is 0 Å². The molecule has 1 aromatic carbocycles. The molecule has 0 radical (unpaired) electrons. The summed E-state index contributed by atoms with van der Waals surface area (Å²) in [6.07, 6.45) is 0. The summed E-state index contributed by atoms with van der Waals surface area (Å²) in [5.74, 6) is -0.513. The summed E-state index contributed by atoms with van der Waals surface area (Å²) < 4.78 is 0. The Morgan fingerprint density at radius 3 is 2.60 bits per heavy atom. The molecule has 0 heterocycles. The van der Waals surface area contributed by atoms with E-state index < -0.39 is 5.91 Å². The van der Waals surface area contributed by atoms with E-state index in [9.17, 15) is 4.79 Å². The third-order valence-electron chi connectivity index (χ3n) is 1.62. The standard InChI is InChI=1S/C10H10N4O/c1-12-10(15)9(7-11)14-13-8-5-3-2-4-6-8/h2-6,13H,1H3,(H,12,15)/b14-9+. The van der Waals surface area contributed by atoms with E-state index in [4.69, 9.17) is 5.26 Å². The van der Waals surface area contributed by atoms with Crippen LogP contribution in [0.3, 0.4) is 0 Å². The van der Waals surface area contributed by atoms with Crippen LogP contribution in [0.25, 0.3) is 0 Å². The van der Waals surface area contributed by atoms with Gasteiger partial charge in [0.15, 0.2) is 0 Å². The first-order chi connectivity index (χ1) is 7.27. The molecule has 0 spiro atoms. The monoisotopic (exact) mass is 202 g/mol. The number of carbonyl (C=O) groups is 1. The minimum absolute atomic E-state index is 0.207. The van der Waals surface area contributed by atoms with E-state index in [1.165, 1.54) is 7.05 Å². The lowest BCUT2D eigenvalue weighted by Crippen LogP contribution is -2.27. The number of amides is 1. The van der Waals surface area contributed by atoms with E-state index in [1.807, 2.05) is 18.2 Å². The molecule has 0 unspecified atom stereocenters. The average molecular weight is 202 g/mol. The summed E-state index contributed by atoms with van der Waals surface area (Å²) >= 11 is 0. The zero-order valence-electron chi connectivity index (χ0n) is 8.19. The molecule has 0 atom stereocenters. The fourth-order valence-corrected chi connectivity index (χ4v) is 0.878. The maximum Gasteiger partial charge on any atom is 0.282 e. The molecular weight excluding hydrogens is 192 g/mol. The van der Waals surface area contributed by atoms with Gasteiger partial charge in [0.1, 0.15) is 6.07 Å². The summed E-state index contributed by atoms with van der Waals surface area (Å²) in [5.41, 5.74) is 3.13. The van der Waals surface area contributed by atoms with Crippen molar-refractivity contribution < 1.29 is 4.79 Å². The summed E-state index contributed by atoms with van der Waals surface area (Å²) in [4.78, 5) is 11.1. The van der Waals surface area contributed by atoms with Gasteiger partial charge in [-0.1, -0.05) is 18.2 Å². The van der Waals surface area contributed by atoms with Crippen LogP contribution >= 0.6 is 0 Å². The second-order valence-corrected chi connectivity index (χ2v) is 2.63. The zero-order valence-corrected chi connectivity index (χ0v) is 8.19. The first-order valence-corrected chi connectivity index (χ1v) is 4.29. The number of nitriles is 1. The largest absolute Gasteiger partial charge is 0.353 e. The highest BCUT2D eigenvalue weighted by molar-refractivity contribution is 6.45. The summed E-state index contributed by atoms with van der Waals surface area (Å²) in [5, 5.41) is 14.6. The molecule has 0 aliphatic carbocycles. The predicted molar refractivity (Wildman–Crippen MR) is 57.2 cm³/mol. The number of para-hydroxylation sites is 1. The molecule has 0 saturated heterocycles. The topological polar surface area (TPSA) is 77.3 Å². The number of benzene rings is 1. The van der Waals surface area contributed by atoms with E-state index in [0.717, 1.165) is 0 Å². The van der Waals surface area contributed by atoms with Gasteiger partial charge in [0, 0.05) is 7.05 Å². The Bertz CT molecular complexity index is 405. The van der Waals surface area contributed by atoms with Crippen molar-refractivity contribution in [3.8, 4) is 6.07 Å². The van der Waals surface area contributed by atoms with Gasteiger partial charge >= 0.3 is 0 Å². The van der Waals surface area contributed by atoms with Gasteiger partial charge in [-0.05, 0) is 12.1 Å². The van der Waals surface area contributed by atoms with E-state index in [2.05, 4.69) is 15.8 Å². The van der Waals surface area contributed by atoms with E-state index in [0.29, 0.717) is 5.69 Å². The molecule has 0 saturated carbocycles. The van der Waals surface area contributed by atoms with Gasteiger partial charge in [-0.2, -0.15) is 10.4 Å². The van der Waals surface area contributed by atoms with Crippen LogP contribution in [0.1, 0.15) is 0 Å². The minimum Gasteiger partial charge on any atom is -0.353 e. The molecule has 1 aromatic rings. The van der Waals surface area contributed by atoms with E-state index in [1.54, 1.807) is 18.2 Å². The van der Waals surface area contributed by atoms with Crippen LogP contribution in [0.4, 0.5) is 5.69 Å². The molecule has 1 rings (SSSR count). The maximum atomic E-state index is 11.1. The van der Waals surface area contributed by atoms with Crippen molar-refractivity contribution >= 4 is 17.3 Å². The number of anilines is 1. The molecule has 0 aromatic heterocycles. The van der Waals surface area contributed by atoms with E-state index >= 15 is 0 Å². The highest BCUT2D eigenvalue weighted by Crippen LogP contribution is 2.04. The van der Waals surface area contributed by atoms with Gasteiger partial charge in [-0.15, -0.1) is 0 Å². The molecule has 0 aliphatic rings. The van der Waals surface area contributed by atoms with Gasteiger partial charge in [-0.3, -0.25) is 10.2 Å². The van der Waals surface area contributed by atoms with Crippen molar-refractivity contribution in [2.24, 2.45) is 5.10 Å². The molecule has 15 heavy (non-hydrogen) atoms. The Morgan fingerprint density at radius 1 is 1.40 bits per heavy atom. The Hall–Kier alpha value is -2.35. The number of carbonyl (C=O) groups excluding carboxylic acids is 1. The fourth-order valence-electron chi connectivity index (χ4n) is 0.878. The van der Waals surface area contributed by atoms with Crippen molar-refractivity contribution in [2.75, 3.05) is 12.5 Å². The lowest BCUT2D eigenvalue weighted by molar-refractivity contribution is -0.114. The molecule has 0 fully saturated rings. The smallest absolute Gasteiger partial charge is 0.282 e. The number of hydrazone groups is 1. The Balaban J connectivity index is 2.72. The Morgan fingerprint density at radius 2 is 2.07 bits per heavy atom. The molecule has 1 amide bonds. The Labute approximate surface area is 87.4 Å². The molecule has 5 nitrogen and oxygen atoms in total. The maximum absolute atomic E-state index is 11.1. The first-order valence-electron chi connectivity index (χ1n) is 4.29. The van der Waals surface area contributed by atoms with Crippen LogP contribution in [-0.4, -0.2) is 18.7 Å². The third-order valence-corrected chi connectivity index (χ3v) is 1.62. The van der Waals surface area contributed by atoms with Crippen LogP contribution in [0.2, 0.25) is 0 Å². The van der Waals surface area contributed by atoms with Gasteiger partial charge in [0.05, 0.1) is 5.69 Å². The van der Waals surface area contributed by atoms with Gasteiger partial charge in [-0.25, -0.2) is 0 Å². The molecule has 2 N–H and O–H groups in total. The number of nitrogens with zero attached hydrogens (tertiary/aromatic N) is 2. The van der Waals surface area contributed by atoms with Crippen molar-refractivity contribution in [1.29, 1.82) is 5.26 Å². The van der Waals surface area contributed by atoms with E-state index in [-0.39, 0.29) is 5.71 Å². The van der Waals surface area contributed by atoms with Crippen molar-refractivity contribution in [2.45, 2.75) is 0 Å². The van der Waals surface area contributed by atoms with Crippen LogP contribution in [-0.2, 0) is 4.79 Å². The highest BCUT2D eigenvalue weighted by Gasteiger charge is 2.07. The highest BCUT2D eigenvalue weighted by atomic mass is 16.1. The zero-order chi connectivity index (χ0) is 11.1. The number of hydrogen-bond acceptors (Lipinski definition) is 4. The molecule has 0 bridgehead atoms. The fraction of sp³-hybridized carbons (Fsp3) is 0.100.